The van der Waals surface area contributed by atoms with Crippen LogP contribution in [0, 0.1) is 11.8 Å². The van der Waals surface area contributed by atoms with E-state index >= 15 is 0 Å². The van der Waals surface area contributed by atoms with E-state index in [1.807, 2.05) is 13.8 Å². The van der Waals surface area contributed by atoms with Gasteiger partial charge in [-0.05, 0) is 31.0 Å². The van der Waals surface area contributed by atoms with Gasteiger partial charge in [0.15, 0.2) is 0 Å². The Morgan fingerprint density at radius 2 is 1.88 bits per heavy atom. The fourth-order valence-electron chi connectivity index (χ4n) is 3.11. The van der Waals surface area contributed by atoms with Crippen LogP contribution in [0.25, 0.3) is 0 Å². The van der Waals surface area contributed by atoms with Crippen molar-refractivity contribution >= 4 is 43.8 Å². The molecule has 11 heteroatoms. The maximum atomic E-state index is 12.5. The lowest BCUT2D eigenvalue weighted by molar-refractivity contribution is -0.149. The molecule has 0 bridgehead atoms. The summed E-state index contributed by atoms with van der Waals surface area (Å²) in [6.07, 6.45) is 1.20. The molecule has 3 atom stereocenters. The number of nitrogens with zero attached hydrogens (tertiary/aromatic N) is 1. The minimum Gasteiger partial charge on any atom is -0.480 e. The summed E-state index contributed by atoms with van der Waals surface area (Å²) in [6, 6.07) is -0.685. The molecule has 1 unspecified atom stereocenters. The predicted molar refractivity (Wildman–Crippen MR) is 101 cm³/mol. The highest BCUT2D eigenvalue weighted by Gasteiger charge is 2.44. The molecule has 1 aliphatic rings. The molecule has 0 aromatic carbocycles. The highest BCUT2D eigenvalue weighted by molar-refractivity contribution is 6.40. The second-order valence-corrected chi connectivity index (χ2v) is 7.04. The van der Waals surface area contributed by atoms with Gasteiger partial charge in [-0.25, -0.2) is 0 Å². The van der Waals surface area contributed by atoms with Crippen LogP contribution in [-0.2, 0) is 9.59 Å². The van der Waals surface area contributed by atoms with Crippen molar-refractivity contribution in [2.45, 2.75) is 51.0 Å². The monoisotopic (exact) mass is 401 g/mol. The fourth-order valence-corrected chi connectivity index (χ4v) is 3.11. The number of likely N-dealkylation sites (tertiary alicyclic amines) is 1. The van der Waals surface area contributed by atoms with Crippen LogP contribution in [0.5, 0.6) is 0 Å². The van der Waals surface area contributed by atoms with E-state index < -0.39 is 24.7 Å². The molecule has 0 aliphatic carbocycles. The normalized spacial score (nSPS) is 24.1. The SMILES string of the molecule is CC(C)CC(N)C(=O)N1C[C@@H](CCB(O)O)C[C@](N)(C(=O)O)C1.Cl.Cl. The molecule has 1 rings (SSSR count). The summed E-state index contributed by atoms with van der Waals surface area (Å²) < 4.78 is 0. The summed E-state index contributed by atoms with van der Waals surface area (Å²) in [5.41, 5.74) is 10.4. The molecule has 0 radical (unpaired) electrons. The van der Waals surface area contributed by atoms with Gasteiger partial charge in [-0.15, -0.1) is 24.8 Å². The van der Waals surface area contributed by atoms with Crippen molar-refractivity contribution in [3.05, 3.63) is 0 Å². The number of carboxylic acid groups (broad SMARTS) is 1. The van der Waals surface area contributed by atoms with Crippen molar-refractivity contribution in [1.82, 2.24) is 4.90 Å². The zero-order valence-electron chi connectivity index (χ0n) is 14.6. The van der Waals surface area contributed by atoms with E-state index in [0.29, 0.717) is 19.4 Å². The van der Waals surface area contributed by atoms with Gasteiger partial charge in [0.2, 0.25) is 5.91 Å². The smallest absolute Gasteiger partial charge is 0.451 e. The van der Waals surface area contributed by atoms with Crippen molar-refractivity contribution in [3.63, 3.8) is 0 Å². The van der Waals surface area contributed by atoms with Gasteiger partial charge in [-0.2, -0.15) is 0 Å². The van der Waals surface area contributed by atoms with E-state index in [4.69, 9.17) is 21.5 Å². The number of carbonyl (C=O) groups is 2. The number of amides is 1. The van der Waals surface area contributed by atoms with Crippen LogP contribution in [-0.4, -0.2) is 63.7 Å². The first-order valence-corrected chi connectivity index (χ1v) is 7.98. The average Bonchev–Trinajstić information content (AvgIpc) is 2.42. The van der Waals surface area contributed by atoms with Crippen molar-refractivity contribution < 1.29 is 24.7 Å². The molecule has 0 aromatic heterocycles. The third-order valence-electron chi connectivity index (χ3n) is 4.22. The minimum absolute atomic E-state index is 0. The van der Waals surface area contributed by atoms with E-state index in [2.05, 4.69) is 0 Å². The molecular weight excluding hydrogens is 372 g/mol. The van der Waals surface area contributed by atoms with Crippen LogP contribution in [0.1, 0.15) is 33.1 Å². The summed E-state index contributed by atoms with van der Waals surface area (Å²) in [4.78, 5) is 25.4. The van der Waals surface area contributed by atoms with Gasteiger partial charge in [0.1, 0.15) is 5.54 Å². The van der Waals surface area contributed by atoms with Gasteiger partial charge in [0.05, 0.1) is 6.04 Å². The number of nitrogens with two attached hydrogens (primary N) is 2. The third-order valence-corrected chi connectivity index (χ3v) is 4.22. The molecule has 1 aliphatic heterocycles. The molecule has 25 heavy (non-hydrogen) atoms. The number of piperidine rings is 1. The lowest BCUT2D eigenvalue weighted by atomic mass is 9.75. The van der Waals surface area contributed by atoms with Gasteiger partial charge < -0.3 is 31.5 Å². The van der Waals surface area contributed by atoms with E-state index in [1.165, 1.54) is 4.90 Å². The molecule has 0 spiro atoms. The van der Waals surface area contributed by atoms with Crippen LogP contribution in [0.2, 0.25) is 6.32 Å². The number of hydrogen-bond acceptors (Lipinski definition) is 6. The Balaban J connectivity index is 0. The number of hydrogen-bond donors (Lipinski definition) is 5. The van der Waals surface area contributed by atoms with E-state index in [0.717, 1.165) is 0 Å². The number of carbonyl (C=O) groups excluding carboxylic acids is 1. The lowest BCUT2D eigenvalue weighted by Gasteiger charge is -2.42. The number of aliphatic carboxylic acids is 1. The number of rotatable bonds is 7. The third kappa shape index (κ3) is 8.10. The van der Waals surface area contributed by atoms with Crippen molar-refractivity contribution in [2.75, 3.05) is 13.1 Å². The predicted octanol–water partition coefficient (Wildman–Crippen LogP) is -0.303. The summed E-state index contributed by atoms with van der Waals surface area (Å²) in [5.74, 6) is -1.42. The lowest BCUT2D eigenvalue weighted by Crippen LogP contribution is -2.64. The Labute approximate surface area is 161 Å². The second-order valence-electron chi connectivity index (χ2n) is 7.04. The molecule has 1 amide bonds. The maximum absolute atomic E-state index is 12.5. The molecule has 0 saturated carbocycles. The topological polar surface area (TPSA) is 150 Å². The Bertz CT molecular complexity index is 445. The molecule has 1 heterocycles. The molecule has 1 saturated heterocycles. The number of carboxylic acids is 1. The Hall–Kier alpha value is -0.575. The maximum Gasteiger partial charge on any atom is 0.451 e. The summed E-state index contributed by atoms with van der Waals surface area (Å²) in [5, 5.41) is 27.4. The standard InChI is InChI=1S/C14H28BN3O5.2ClH/c1-9(2)5-11(16)12(19)18-7-10(3-4-15(22)23)6-14(17,8-18)13(20)21;;/h9-11,22-23H,3-8,16-17H2,1-2H3,(H,20,21);2*1H/t10-,11?,14+;;/m0../s1. The van der Waals surface area contributed by atoms with Gasteiger partial charge >= 0.3 is 13.1 Å². The Kier molecular flexibility index (Phi) is 11.9. The van der Waals surface area contributed by atoms with Crippen LogP contribution < -0.4 is 11.5 Å². The first-order valence-electron chi connectivity index (χ1n) is 7.98. The van der Waals surface area contributed by atoms with Crippen LogP contribution in [0.15, 0.2) is 0 Å². The fraction of sp³-hybridized carbons (Fsp3) is 0.857. The van der Waals surface area contributed by atoms with Gasteiger partial charge in [0.25, 0.3) is 0 Å². The summed E-state index contributed by atoms with van der Waals surface area (Å²) in [7, 11) is -1.46. The van der Waals surface area contributed by atoms with Gasteiger partial charge in [0, 0.05) is 13.1 Å². The van der Waals surface area contributed by atoms with E-state index in [-0.39, 0.29) is 61.8 Å². The molecule has 1 fully saturated rings. The zero-order chi connectivity index (χ0) is 17.8. The van der Waals surface area contributed by atoms with Gasteiger partial charge in [-0.1, -0.05) is 20.3 Å². The molecule has 7 N–H and O–H groups in total. The first-order chi connectivity index (χ1) is 10.5. The molecule has 8 nitrogen and oxygen atoms in total. The summed E-state index contributed by atoms with van der Waals surface area (Å²) >= 11 is 0. The van der Waals surface area contributed by atoms with E-state index in [1.54, 1.807) is 0 Å². The van der Waals surface area contributed by atoms with Crippen molar-refractivity contribution in [3.8, 4) is 0 Å². The Morgan fingerprint density at radius 3 is 2.32 bits per heavy atom. The highest BCUT2D eigenvalue weighted by Crippen LogP contribution is 2.28. The zero-order valence-corrected chi connectivity index (χ0v) is 16.3. The first kappa shape index (κ1) is 26.7. The molecular formula is C14H30BCl2N3O5. The minimum atomic E-state index is -1.53. The second kappa shape index (κ2) is 11.2. The largest absolute Gasteiger partial charge is 0.480 e. The quantitative estimate of drug-likeness (QED) is 0.367. The number of halogens is 2. The van der Waals surface area contributed by atoms with Crippen molar-refractivity contribution in [1.29, 1.82) is 0 Å². The van der Waals surface area contributed by atoms with Gasteiger partial charge in [-0.3, -0.25) is 9.59 Å². The van der Waals surface area contributed by atoms with Crippen LogP contribution >= 0.6 is 24.8 Å². The van der Waals surface area contributed by atoms with Crippen molar-refractivity contribution in [2.24, 2.45) is 23.3 Å². The highest BCUT2D eigenvalue weighted by atomic mass is 35.5. The average molecular weight is 402 g/mol. The van der Waals surface area contributed by atoms with Crippen LogP contribution in [0.3, 0.4) is 0 Å². The van der Waals surface area contributed by atoms with Crippen LogP contribution in [0.4, 0.5) is 0 Å². The summed E-state index contributed by atoms with van der Waals surface area (Å²) in [6.45, 7) is 4.17. The molecule has 148 valence electrons. The van der Waals surface area contributed by atoms with E-state index in [9.17, 15) is 14.7 Å². The Morgan fingerprint density at radius 1 is 1.32 bits per heavy atom. The molecule has 0 aromatic rings.